The van der Waals surface area contributed by atoms with Crippen molar-refractivity contribution in [1.82, 2.24) is 24.5 Å². The lowest BCUT2D eigenvalue weighted by molar-refractivity contribution is -0.883. The van der Waals surface area contributed by atoms with Crippen LogP contribution >= 0.6 is 11.3 Å². The molecule has 5 rings (SSSR count). The van der Waals surface area contributed by atoms with E-state index < -0.39 is 0 Å². The number of aryl methyl sites for hydroxylation is 1. The lowest BCUT2D eigenvalue weighted by atomic mass is 9.72. The number of nitrogens with one attached hydrogen (secondary N) is 1. The Morgan fingerprint density at radius 2 is 2.03 bits per heavy atom. The van der Waals surface area contributed by atoms with Gasteiger partial charge in [0.2, 0.25) is 5.82 Å². The van der Waals surface area contributed by atoms with Gasteiger partial charge in [0.05, 0.1) is 38.6 Å². The van der Waals surface area contributed by atoms with Gasteiger partial charge in [-0.05, 0) is 36.2 Å². The number of piperazine rings is 1. The molecule has 7 nitrogen and oxygen atoms in total. The van der Waals surface area contributed by atoms with Gasteiger partial charge >= 0.3 is 0 Å². The third-order valence-electron chi connectivity index (χ3n) is 6.71. The van der Waals surface area contributed by atoms with Crippen molar-refractivity contribution in [2.75, 3.05) is 33.2 Å². The molecule has 1 fully saturated rings. The second-order valence-electron chi connectivity index (χ2n) is 9.69. The lowest BCUT2D eigenvalue weighted by Crippen LogP contribution is -3.12. The molecule has 0 radical (unpaired) electrons. The Morgan fingerprint density at radius 1 is 1.28 bits per heavy atom. The molecule has 8 heteroatoms. The highest BCUT2D eigenvalue weighted by molar-refractivity contribution is 7.19. The minimum absolute atomic E-state index is 0.0637. The van der Waals surface area contributed by atoms with Gasteiger partial charge < -0.3 is 9.80 Å². The first-order chi connectivity index (χ1) is 13.8. The summed E-state index contributed by atoms with van der Waals surface area (Å²) in [7, 11) is 2.16. The fraction of sp³-hybridized carbons (Fsp3) is 0.619. The summed E-state index contributed by atoms with van der Waals surface area (Å²) in [5.41, 5.74) is 2.47. The van der Waals surface area contributed by atoms with Crippen LogP contribution in [0.15, 0.2) is 6.33 Å². The normalized spacial score (nSPS) is 21.1. The summed E-state index contributed by atoms with van der Waals surface area (Å²) in [4.78, 5) is 28.1. The van der Waals surface area contributed by atoms with Crippen molar-refractivity contribution in [3.8, 4) is 0 Å². The number of hydrogen-bond donors (Lipinski definition) is 1. The molecule has 3 aromatic rings. The molecule has 4 heterocycles. The largest absolute Gasteiger partial charge is 0.334 e. The highest BCUT2D eigenvalue weighted by Gasteiger charge is 2.32. The Hall–Kier alpha value is -2.06. The van der Waals surface area contributed by atoms with Crippen molar-refractivity contribution in [1.29, 1.82) is 0 Å². The van der Waals surface area contributed by atoms with Gasteiger partial charge in [-0.25, -0.2) is 14.5 Å². The summed E-state index contributed by atoms with van der Waals surface area (Å²) >= 11 is 1.79. The second-order valence-corrected chi connectivity index (χ2v) is 10.8. The third kappa shape index (κ3) is 3.22. The van der Waals surface area contributed by atoms with Crippen molar-refractivity contribution < 1.29 is 9.69 Å². The van der Waals surface area contributed by atoms with Crippen LogP contribution in [0, 0.1) is 11.3 Å². The van der Waals surface area contributed by atoms with Crippen molar-refractivity contribution in [3.63, 3.8) is 0 Å². The van der Waals surface area contributed by atoms with Gasteiger partial charge in [-0.15, -0.1) is 16.4 Å². The Bertz CT molecular complexity index is 1090. The zero-order chi connectivity index (χ0) is 20.3. The van der Waals surface area contributed by atoms with E-state index in [1.54, 1.807) is 22.2 Å². The summed E-state index contributed by atoms with van der Waals surface area (Å²) < 4.78 is 1.69. The molecule has 0 spiro atoms. The van der Waals surface area contributed by atoms with Gasteiger partial charge in [-0.3, -0.25) is 4.79 Å². The van der Waals surface area contributed by atoms with Crippen molar-refractivity contribution in [2.45, 2.75) is 40.0 Å². The molecule has 1 saturated heterocycles. The smallest absolute Gasteiger partial charge is 0.293 e. The molecule has 1 amide bonds. The van der Waals surface area contributed by atoms with Gasteiger partial charge in [0.15, 0.2) is 5.65 Å². The maximum absolute atomic E-state index is 13.0. The molecule has 1 N–H and O–H groups in total. The summed E-state index contributed by atoms with van der Waals surface area (Å²) in [6.07, 6.45) is 5.05. The van der Waals surface area contributed by atoms with Gasteiger partial charge in [-0.2, -0.15) is 0 Å². The summed E-state index contributed by atoms with van der Waals surface area (Å²) in [6, 6.07) is 0. The average molecular weight is 414 g/mol. The van der Waals surface area contributed by atoms with Crippen LogP contribution in [0.1, 0.15) is 48.3 Å². The molecule has 1 aliphatic heterocycles. The number of carbonyl (C=O) groups excluding carboxylic acids is 1. The van der Waals surface area contributed by atoms with Crippen LogP contribution in [0.2, 0.25) is 0 Å². The zero-order valence-electron chi connectivity index (χ0n) is 17.7. The first kappa shape index (κ1) is 18.9. The fourth-order valence-corrected chi connectivity index (χ4v) is 5.90. The predicted molar refractivity (Wildman–Crippen MR) is 114 cm³/mol. The maximum Gasteiger partial charge on any atom is 0.293 e. The Kier molecular flexibility index (Phi) is 4.40. The molecule has 2 aliphatic rings. The topological polar surface area (TPSA) is 67.8 Å². The monoisotopic (exact) mass is 413 g/mol. The van der Waals surface area contributed by atoms with E-state index >= 15 is 0 Å². The molecule has 1 aliphatic carbocycles. The molecule has 0 aromatic carbocycles. The Labute approximate surface area is 174 Å². The average Bonchev–Trinajstić information content (AvgIpc) is 3.27. The van der Waals surface area contributed by atoms with Crippen molar-refractivity contribution >= 4 is 33.1 Å². The van der Waals surface area contributed by atoms with Crippen LogP contribution < -0.4 is 4.90 Å². The standard InChI is InChI=1S/C21H28N6OS/c1-21(2,3)13-5-6-14-15(11-13)29-19-16(14)18-23-17(24-27(18)12-22-19)20(28)26-9-7-25(4)8-10-26/h12-13H,5-11H2,1-4H3/p+1/t13-/m1/s1. The van der Waals surface area contributed by atoms with Gasteiger partial charge in [0.25, 0.3) is 5.91 Å². The molecule has 0 saturated carbocycles. The highest BCUT2D eigenvalue weighted by atomic mass is 32.1. The van der Waals surface area contributed by atoms with E-state index in [9.17, 15) is 4.79 Å². The first-order valence-electron chi connectivity index (χ1n) is 10.6. The molecule has 154 valence electrons. The number of hydrogen-bond acceptors (Lipinski definition) is 5. The number of amides is 1. The first-order valence-corrected chi connectivity index (χ1v) is 11.4. The third-order valence-corrected chi connectivity index (χ3v) is 7.87. The van der Waals surface area contributed by atoms with Crippen molar-refractivity contribution in [3.05, 3.63) is 22.6 Å². The predicted octanol–water partition coefficient (Wildman–Crippen LogP) is 1.46. The van der Waals surface area contributed by atoms with Gasteiger partial charge in [0, 0.05) is 4.88 Å². The van der Waals surface area contributed by atoms with E-state index in [1.807, 2.05) is 4.90 Å². The van der Waals surface area contributed by atoms with E-state index in [-0.39, 0.29) is 5.91 Å². The minimum atomic E-state index is -0.0637. The van der Waals surface area contributed by atoms with E-state index in [0.717, 1.165) is 54.9 Å². The number of fused-ring (bicyclic) bond motifs is 5. The van der Waals surface area contributed by atoms with Crippen LogP contribution in [0.4, 0.5) is 0 Å². The second kappa shape index (κ2) is 6.74. The number of rotatable bonds is 1. The van der Waals surface area contributed by atoms with Crippen LogP contribution in [-0.4, -0.2) is 63.6 Å². The molecule has 29 heavy (non-hydrogen) atoms. The van der Waals surface area contributed by atoms with Crippen LogP contribution in [-0.2, 0) is 12.8 Å². The maximum atomic E-state index is 13.0. The molecule has 3 aromatic heterocycles. The van der Waals surface area contributed by atoms with Gasteiger partial charge in [-0.1, -0.05) is 20.8 Å². The van der Waals surface area contributed by atoms with E-state index in [0.29, 0.717) is 17.2 Å². The molecular weight excluding hydrogens is 384 g/mol. The van der Waals surface area contributed by atoms with E-state index in [1.165, 1.54) is 21.8 Å². The molecular formula is C21H29N6OS+. The number of thiophene rings is 1. The van der Waals surface area contributed by atoms with Crippen LogP contribution in [0.25, 0.3) is 15.9 Å². The lowest BCUT2D eigenvalue weighted by Gasteiger charge is -2.33. The minimum Gasteiger partial charge on any atom is -0.334 e. The molecule has 0 unspecified atom stereocenters. The van der Waals surface area contributed by atoms with Crippen LogP contribution in [0.5, 0.6) is 0 Å². The SMILES string of the molecule is C[NH+]1CCN(C(=O)c2nc3c4c5c(sc4ncn3n2)C[C@H](C(C)(C)C)CC5)CC1. The Morgan fingerprint density at radius 3 is 2.76 bits per heavy atom. The number of likely N-dealkylation sites (N-methyl/N-ethyl adjacent to an activating group) is 1. The Balaban J connectivity index is 1.53. The van der Waals surface area contributed by atoms with Crippen LogP contribution in [0.3, 0.4) is 0 Å². The fourth-order valence-electron chi connectivity index (χ4n) is 4.64. The number of quaternary nitrogens is 1. The summed E-state index contributed by atoms with van der Waals surface area (Å²) in [6.45, 7) is 10.5. The summed E-state index contributed by atoms with van der Waals surface area (Å²) in [5, 5.41) is 5.60. The molecule has 0 bridgehead atoms. The number of carbonyl (C=O) groups is 1. The quantitative estimate of drug-likeness (QED) is 0.656. The highest BCUT2D eigenvalue weighted by Crippen LogP contribution is 2.43. The van der Waals surface area contributed by atoms with E-state index in [2.05, 4.69) is 37.9 Å². The number of aromatic nitrogens is 4. The van der Waals surface area contributed by atoms with Crippen molar-refractivity contribution in [2.24, 2.45) is 11.3 Å². The molecule has 1 atom stereocenters. The zero-order valence-corrected chi connectivity index (χ0v) is 18.5. The number of nitrogens with zero attached hydrogens (tertiary/aromatic N) is 5. The van der Waals surface area contributed by atoms with Gasteiger partial charge in [0.1, 0.15) is 11.2 Å². The summed E-state index contributed by atoms with van der Waals surface area (Å²) in [5.74, 6) is 0.918. The van der Waals surface area contributed by atoms with E-state index in [4.69, 9.17) is 4.98 Å².